The van der Waals surface area contributed by atoms with E-state index in [9.17, 15) is 23.4 Å². The van der Waals surface area contributed by atoms with Crippen LogP contribution in [-0.4, -0.2) is 78.1 Å². The van der Waals surface area contributed by atoms with Gasteiger partial charge in [-0.3, -0.25) is 4.79 Å². The van der Waals surface area contributed by atoms with Gasteiger partial charge in [0.15, 0.2) is 0 Å². The number of aliphatic hydroxyl groups excluding tert-OH is 2. The van der Waals surface area contributed by atoms with Crippen LogP contribution in [0.3, 0.4) is 0 Å². The SMILES string of the molecule is CCOC(=O)CC(c1ccc(C)c(CN2CC=C(O)OS2(=O)=O)c1)c1ccc2c(nnn2CC[C@H](CO)O[Si](c2ccccc2)(c2ccccc2)C(C)(C)C)c1C. The number of aromatic nitrogens is 3. The molecule has 2 N–H and O–H groups in total. The van der Waals surface area contributed by atoms with E-state index in [4.69, 9.17) is 13.3 Å². The van der Waals surface area contributed by atoms with Crippen molar-refractivity contribution in [3.05, 3.63) is 131 Å². The molecule has 0 aliphatic carbocycles. The quantitative estimate of drug-likeness (QED) is 0.0960. The Morgan fingerprint density at radius 3 is 2.25 bits per heavy atom. The van der Waals surface area contributed by atoms with Crippen LogP contribution >= 0.6 is 0 Å². The van der Waals surface area contributed by atoms with Gasteiger partial charge in [0.25, 0.3) is 14.3 Å². The van der Waals surface area contributed by atoms with Crippen LogP contribution in [0.25, 0.3) is 11.0 Å². The fraction of sp³-hybridized carbons (Fsp3) is 0.372. The Bertz CT molecular complexity index is 2290. The Labute approximate surface area is 336 Å². The Balaban J connectivity index is 1.30. The van der Waals surface area contributed by atoms with Gasteiger partial charge >= 0.3 is 16.3 Å². The van der Waals surface area contributed by atoms with E-state index in [0.717, 1.165) is 48.0 Å². The number of carbonyl (C=O) groups is 1. The van der Waals surface area contributed by atoms with E-state index in [-0.39, 0.29) is 43.7 Å². The molecule has 2 atom stereocenters. The smallest absolute Gasteiger partial charge is 0.388 e. The molecule has 6 rings (SSSR count). The Hall–Kier alpha value is -4.86. The van der Waals surface area contributed by atoms with Gasteiger partial charge in [-0.1, -0.05) is 111 Å². The topological polar surface area (TPSA) is 153 Å². The molecule has 57 heavy (non-hydrogen) atoms. The predicted octanol–water partition coefficient (Wildman–Crippen LogP) is 5.94. The first-order valence-electron chi connectivity index (χ1n) is 19.2. The van der Waals surface area contributed by atoms with Crippen molar-refractivity contribution in [2.24, 2.45) is 0 Å². The zero-order valence-corrected chi connectivity index (χ0v) is 35.2. The van der Waals surface area contributed by atoms with Gasteiger partial charge in [-0.25, -0.2) is 4.68 Å². The first kappa shape index (κ1) is 41.8. The average Bonchev–Trinajstić information content (AvgIpc) is 3.60. The summed E-state index contributed by atoms with van der Waals surface area (Å²) < 4.78 is 45.6. The third-order valence-electron chi connectivity index (χ3n) is 10.8. The van der Waals surface area contributed by atoms with Crippen molar-refractivity contribution in [2.45, 2.75) is 84.5 Å². The second kappa shape index (κ2) is 17.3. The van der Waals surface area contributed by atoms with Gasteiger partial charge < -0.3 is 23.6 Å². The zero-order valence-electron chi connectivity index (χ0n) is 33.4. The number of aliphatic hydroxyl groups is 2. The average molecular weight is 813 g/mol. The lowest BCUT2D eigenvalue weighted by Crippen LogP contribution is -2.68. The molecule has 0 spiro atoms. The fourth-order valence-electron chi connectivity index (χ4n) is 7.79. The van der Waals surface area contributed by atoms with Crippen LogP contribution in [0.1, 0.15) is 74.3 Å². The first-order valence-corrected chi connectivity index (χ1v) is 22.5. The van der Waals surface area contributed by atoms with Crippen molar-refractivity contribution < 1.29 is 36.8 Å². The highest BCUT2D eigenvalue weighted by molar-refractivity contribution is 7.84. The molecule has 0 saturated carbocycles. The van der Waals surface area contributed by atoms with Crippen LogP contribution in [0.4, 0.5) is 0 Å². The van der Waals surface area contributed by atoms with Crippen LogP contribution in [0.2, 0.25) is 5.04 Å². The Morgan fingerprint density at radius 2 is 1.65 bits per heavy atom. The monoisotopic (exact) mass is 812 g/mol. The molecule has 0 bridgehead atoms. The van der Waals surface area contributed by atoms with E-state index in [2.05, 4.69) is 55.3 Å². The number of carbonyl (C=O) groups excluding carboxylic acids is 1. The summed E-state index contributed by atoms with van der Waals surface area (Å²) in [6.45, 7) is 12.7. The van der Waals surface area contributed by atoms with Crippen molar-refractivity contribution in [1.82, 2.24) is 19.3 Å². The fourth-order valence-corrected chi connectivity index (χ4v) is 13.4. The highest BCUT2D eigenvalue weighted by atomic mass is 32.2. The summed E-state index contributed by atoms with van der Waals surface area (Å²) in [6.07, 6.45) is 1.36. The lowest BCUT2D eigenvalue weighted by molar-refractivity contribution is -0.143. The van der Waals surface area contributed by atoms with Crippen molar-refractivity contribution in [1.29, 1.82) is 0 Å². The van der Waals surface area contributed by atoms with Crippen molar-refractivity contribution in [3.8, 4) is 0 Å². The summed E-state index contributed by atoms with van der Waals surface area (Å²) in [4.78, 5) is 13.1. The summed E-state index contributed by atoms with van der Waals surface area (Å²) in [7, 11) is -7.09. The normalized spacial score (nSPS) is 15.8. The molecule has 1 aliphatic heterocycles. The number of hydrogen-bond donors (Lipinski definition) is 2. The van der Waals surface area contributed by atoms with E-state index in [1.165, 1.54) is 6.08 Å². The number of ether oxygens (including phenoxy) is 1. The molecular formula is C43H52N4O8SSi. The number of hydrogen-bond acceptors (Lipinski definition) is 10. The van der Waals surface area contributed by atoms with E-state index in [1.807, 2.05) is 85.3 Å². The first-order chi connectivity index (χ1) is 27.2. The number of fused-ring (bicyclic) bond motifs is 1. The molecule has 12 nitrogen and oxygen atoms in total. The molecule has 0 radical (unpaired) electrons. The summed E-state index contributed by atoms with van der Waals surface area (Å²) in [5.41, 5.74) is 5.60. The van der Waals surface area contributed by atoms with Gasteiger partial charge in [-0.15, -0.1) is 5.10 Å². The van der Waals surface area contributed by atoms with Crippen LogP contribution in [0, 0.1) is 13.8 Å². The second-order valence-corrected chi connectivity index (χ2v) is 21.2. The lowest BCUT2D eigenvalue weighted by Gasteiger charge is -2.45. The maximum Gasteiger partial charge on any atom is 0.388 e. The number of esters is 1. The van der Waals surface area contributed by atoms with Crippen molar-refractivity contribution in [3.63, 3.8) is 0 Å². The van der Waals surface area contributed by atoms with Crippen molar-refractivity contribution >= 4 is 46.0 Å². The molecule has 0 fully saturated rings. The van der Waals surface area contributed by atoms with E-state index >= 15 is 0 Å². The van der Waals surface area contributed by atoms with Gasteiger partial charge in [0.05, 0.1) is 31.3 Å². The minimum atomic E-state index is -4.18. The van der Waals surface area contributed by atoms with Crippen LogP contribution in [0.15, 0.2) is 103 Å². The standard InChI is InChI=1S/C43H52N4O8SSi/c1-7-53-41(50)27-38(32-19-18-30(2)33(26-32)28-46-24-23-40(49)54-56(46,51)52)37-20-21-39-42(31(37)3)44-45-47(39)25-22-34(29-48)55-57(43(4,5)6,35-14-10-8-11-15-35)36-16-12-9-13-17-36/h8-21,23,26,34,38,48-49H,7,22,24-25,27-29H2,1-6H3/t34-,38?/m1/s1. The molecule has 1 unspecified atom stereocenters. The van der Waals surface area contributed by atoms with Gasteiger partial charge in [0.1, 0.15) is 5.52 Å². The third-order valence-corrected chi connectivity index (χ3v) is 17.1. The summed E-state index contributed by atoms with van der Waals surface area (Å²) in [5.74, 6) is -1.45. The summed E-state index contributed by atoms with van der Waals surface area (Å²) >= 11 is 0. The highest BCUT2D eigenvalue weighted by Gasteiger charge is 2.51. The highest BCUT2D eigenvalue weighted by Crippen LogP contribution is 2.38. The molecule has 4 aromatic carbocycles. The Morgan fingerprint density at radius 1 is 0.982 bits per heavy atom. The Kier molecular flexibility index (Phi) is 12.7. The molecule has 5 aromatic rings. The zero-order chi connectivity index (χ0) is 41.0. The molecule has 2 heterocycles. The van der Waals surface area contributed by atoms with E-state index in [0.29, 0.717) is 18.5 Å². The van der Waals surface area contributed by atoms with Crippen LogP contribution in [-0.2, 0) is 41.5 Å². The summed E-state index contributed by atoms with van der Waals surface area (Å²) in [5, 5.41) is 31.6. The third kappa shape index (κ3) is 8.85. The number of aryl methyl sites for hydroxylation is 3. The van der Waals surface area contributed by atoms with Gasteiger partial charge in [0.2, 0.25) is 0 Å². The van der Waals surface area contributed by atoms with E-state index < -0.39 is 36.6 Å². The number of benzene rings is 4. The van der Waals surface area contributed by atoms with Crippen molar-refractivity contribution in [2.75, 3.05) is 19.8 Å². The van der Waals surface area contributed by atoms with Gasteiger partial charge in [-0.2, -0.15) is 12.7 Å². The molecule has 0 amide bonds. The molecule has 1 aromatic heterocycles. The minimum absolute atomic E-state index is 0.0128. The van der Waals surface area contributed by atoms with Crippen LogP contribution in [0.5, 0.6) is 0 Å². The number of rotatable bonds is 15. The van der Waals surface area contributed by atoms with Gasteiger partial charge in [-0.05, 0) is 76.5 Å². The van der Waals surface area contributed by atoms with Gasteiger partial charge in [0, 0.05) is 31.6 Å². The lowest BCUT2D eigenvalue weighted by atomic mass is 9.84. The predicted molar refractivity (Wildman–Crippen MR) is 222 cm³/mol. The second-order valence-electron chi connectivity index (χ2n) is 15.5. The molecular weight excluding hydrogens is 761 g/mol. The van der Waals surface area contributed by atoms with E-state index in [1.54, 1.807) is 6.92 Å². The maximum atomic E-state index is 13.1. The molecule has 302 valence electrons. The summed E-state index contributed by atoms with van der Waals surface area (Å²) in [6, 6.07) is 30.4. The maximum absolute atomic E-state index is 13.1. The molecule has 1 aliphatic rings. The van der Waals surface area contributed by atoms with Crippen LogP contribution < -0.4 is 10.4 Å². The largest absolute Gasteiger partial charge is 0.480 e. The number of nitrogens with zero attached hydrogens (tertiary/aromatic N) is 4. The molecule has 14 heteroatoms. The molecule has 0 saturated heterocycles. The minimum Gasteiger partial charge on any atom is -0.480 e.